The van der Waals surface area contributed by atoms with Crippen LogP contribution in [-0.4, -0.2) is 33.9 Å². The molecule has 2 aliphatic rings. The fourth-order valence-electron chi connectivity index (χ4n) is 4.61. The van der Waals surface area contributed by atoms with Gasteiger partial charge in [0.15, 0.2) is 0 Å². The topological polar surface area (TPSA) is 84.0 Å². The van der Waals surface area contributed by atoms with Crippen molar-refractivity contribution in [1.82, 2.24) is 20.6 Å². The van der Waals surface area contributed by atoms with Gasteiger partial charge in [-0.15, -0.1) is 0 Å². The van der Waals surface area contributed by atoms with Gasteiger partial charge in [-0.2, -0.15) is 0 Å². The van der Waals surface area contributed by atoms with E-state index >= 15 is 0 Å². The summed E-state index contributed by atoms with van der Waals surface area (Å²) in [4.78, 5) is 32.6. The largest absolute Gasteiger partial charge is 0.349 e. The molecule has 0 radical (unpaired) electrons. The molecule has 7 heteroatoms. The first-order valence-corrected chi connectivity index (χ1v) is 10.1. The van der Waals surface area contributed by atoms with Crippen LogP contribution in [-0.2, 0) is 0 Å². The lowest BCUT2D eigenvalue weighted by atomic mass is 9.99. The molecule has 5 atom stereocenters. The zero-order valence-corrected chi connectivity index (χ0v) is 16.4. The highest BCUT2D eigenvalue weighted by atomic mass is 35.5. The van der Waals surface area contributed by atoms with Crippen molar-refractivity contribution in [2.75, 3.05) is 0 Å². The van der Waals surface area contributed by atoms with Gasteiger partial charge in [0.1, 0.15) is 12.0 Å². The maximum absolute atomic E-state index is 12.5. The molecule has 3 unspecified atom stereocenters. The molecule has 0 saturated heterocycles. The molecular weight excluding hydrogens is 376 g/mol. The number of rotatable bonds is 6. The van der Waals surface area contributed by atoms with Gasteiger partial charge in [0.2, 0.25) is 0 Å². The monoisotopic (exact) mass is 398 g/mol. The fourth-order valence-corrected chi connectivity index (χ4v) is 4.74. The highest BCUT2D eigenvalue weighted by Gasteiger charge is 2.58. The Hall–Kier alpha value is -2.47. The van der Waals surface area contributed by atoms with Crippen LogP contribution in [0, 0.1) is 17.8 Å². The van der Waals surface area contributed by atoms with Crippen molar-refractivity contribution in [3.8, 4) is 0 Å². The Morgan fingerprint density at radius 2 is 1.86 bits per heavy atom. The normalized spacial score (nSPS) is 26.2. The van der Waals surface area contributed by atoms with Gasteiger partial charge in [0, 0.05) is 28.9 Å². The third kappa shape index (κ3) is 3.87. The molecule has 0 spiro atoms. The van der Waals surface area contributed by atoms with Crippen molar-refractivity contribution in [2.45, 2.75) is 38.3 Å². The van der Waals surface area contributed by atoms with Gasteiger partial charge >= 0.3 is 0 Å². The minimum Gasteiger partial charge on any atom is -0.349 e. The first-order valence-electron chi connectivity index (χ1n) is 9.70. The van der Waals surface area contributed by atoms with Crippen LogP contribution in [0.3, 0.4) is 0 Å². The smallest absolute Gasteiger partial charge is 0.270 e. The van der Waals surface area contributed by atoms with Gasteiger partial charge in [0.25, 0.3) is 11.8 Å². The van der Waals surface area contributed by atoms with Gasteiger partial charge in [-0.1, -0.05) is 18.5 Å². The first-order chi connectivity index (χ1) is 13.6. The average Bonchev–Trinajstić information content (AvgIpc) is 3.20. The summed E-state index contributed by atoms with van der Waals surface area (Å²) in [6, 6.07) is 8.92. The number of nitrogens with zero attached hydrogens (tertiary/aromatic N) is 2. The number of carbonyl (C=O) groups is 2. The van der Waals surface area contributed by atoms with Crippen molar-refractivity contribution in [2.24, 2.45) is 17.8 Å². The standard InChI is InChI=1S/C21H23ClN4O2/c1-2-17(26-20(27)12-3-5-13(22)6-4-12)19-15-9-14(10-16(15)19)25-21(28)18-7-8-23-11-24-18/h3-8,11,14-17,19H,2,9-10H2,1H3,(H,25,28)(H,26,27)/t14?,15-,16+,17?,19?. The van der Waals surface area contributed by atoms with E-state index in [2.05, 4.69) is 27.5 Å². The van der Waals surface area contributed by atoms with Gasteiger partial charge in [-0.05, 0) is 67.3 Å². The number of carbonyl (C=O) groups excluding carboxylic acids is 2. The van der Waals surface area contributed by atoms with E-state index in [0.717, 1.165) is 19.3 Å². The predicted octanol–water partition coefficient (Wildman–Crippen LogP) is 3.09. The number of amides is 2. The Bertz CT molecular complexity index is 846. The Kier molecular flexibility index (Phi) is 5.31. The van der Waals surface area contributed by atoms with Gasteiger partial charge < -0.3 is 10.6 Å². The number of hydrogen-bond donors (Lipinski definition) is 2. The second-order valence-corrected chi connectivity index (χ2v) is 8.07. The van der Waals surface area contributed by atoms with Crippen LogP contribution < -0.4 is 10.6 Å². The molecule has 1 aromatic carbocycles. The van der Waals surface area contributed by atoms with E-state index < -0.39 is 0 Å². The molecule has 28 heavy (non-hydrogen) atoms. The minimum atomic E-state index is -0.145. The van der Waals surface area contributed by atoms with E-state index in [1.54, 1.807) is 36.5 Å². The average molecular weight is 399 g/mol. The summed E-state index contributed by atoms with van der Waals surface area (Å²) in [6.07, 6.45) is 5.76. The second-order valence-electron chi connectivity index (χ2n) is 7.64. The second kappa shape index (κ2) is 7.87. The van der Waals surface area contributed by atoms with Crippen molar-refractivity contribution < 1.29 is 9.59 Å². The van der Waals surface area contributed by atoms with Crippen LogP contribution in [0.5, 0.6) is 0 Å². The Morgan fingerprint density at radius 3 is 2.46 bits per heavy atom. The molecule has 1 heterocycles. The maximum atomic E-state index is 12.5. The quantitative estimate of drug-likeness (QED) is 0.783. The predicted molar refractivity (Wildman–Crippen MR) is 106 cm³/mol. The van der Waals surface area contributed by atoms with Gasteiger partial charge in [-0.25, -0.2) is 9.97 Å². The number of halogens is 1. The minimum absolute atomic E-state index is 0.0536. The lowest BCUT2D eigenvalue weighted by Crippen LogP contribution is -2.39. The van der Waals surface area contributed by atoms with Crippen LogP contribution in [0.25, 0.3) is 0 Å². The molecule has 2 N–H and O–H groups in total. The van der Waals surface area contributed by atoms with E-state index in [9.17, 15) is 9.59 Å². The first kappa shape index (κ1) is 18.9. The summed E-state index contributed by atoms with van der Waals surface area (Å²) in [7, 11) is 0. The van der Waals surface area contributed by atoms with E-state index in [1.165, 1.54) is 6.33 Å². The summed E-state index contributed by atoms with van der Waals surface area (Å²) >= 11 is 5.89. The number of benzene rings is 1. The molecule has 2 amide bonds. The summed E-state index contributed by atoms with van der Waals surface area (Å²) in [6.45, 7) is 2.11. The van der Waals surface area contributed by atoms with Crippen LogP contribution in [0.1, 0.15) is 47.0 Å². The molecule has 6 nitrogen and oxygen atoms in total. The molecule has 0 aliphatic heterocycles. The van der Waals surface area contributed by atoms with Crippen LogP contribution in [0.4, 0.5) is 0 Å². The molecule has 146 valence electrons. The zero-order valence-electron chi connectivity index (χ0n) is 15.6. The summed E-state index contributed by atoms with van der Waals surface area (Å²) in [5.74, 6) is 1.42. The van der Waals surface area contributed by atoms with Crippen molar-refractivity contribution in [3.05, 3.63) is 59.1 Å². The molecule has 2 fully saturated rings. The number of hydrogen-bond acceptors (Lipinski definition) is 4. The summed E-state index contributed by atoms with van der Waals surface area (Å²) in [5.41, 5.74) is 1.03. The molecule has 4 rings (SSSR count). The fraction of sp³-hybridized carbons (Fsp3) is 0.429. The zero-order chi connectivity index (χ0) is 19.7. The molecule has 2 aliphatic carbocycles. The van der Waals surface area contributed by atoms with E-state index in [0.29, 0.717) is 34.0 Å². The third-order valence-corrected chi connectivity index (χ3v) is 6.24. The highest BCUT2D eigenvalue weighted by molar-refractivity contribution is 6.30. The Morgan fingerprint density at radius 1 is 1.14 bits per heavy atom. The Balaban J connectivity index is 1.30. The number of fused-ring (bicyclic) bond motifs is 1. The van der Waals surface area contributed by atoms with Gasteiger partial charge in [0.05, 0.1) is 0 Å². The molecule has 2 aromatic rings. The molecular formula is C21H23ClN4O2. The van der Waals surface area contributed by atoms with Crippen molar-refractivity contribution in [3.63, 3.8) is 0 Å². The SMILES string of the molecule is CCC(NC(=O)c1ccc(Cl)cc1)C1[C@H]2CC(NC(=O)c3ccncn3)C[C@@H]12. The molecule has 2 saturated carbocycles. The van der Waals surface area contributed by atoms with Crippen molar-refractivity contribution >= 4 is 23.4 Å². The highest BCUT2D eigenvalue weighted by Crippen LogP contribution is 2.59. The van der Waals surface area contributed by atoms with Gasteiger partial charge in [-0.3, -0.25) is 9.59 Å². The van der Waals surface area contributed by atoms with E-state index in [-0.39, 0.29) is 23.9 Å². The van der Waals surface area contributed by atoms with E-state index in [4.69, 9.17) is 11.6 Å². The third-order valence-electron chi connectivity index (χ3n) is 5.99. The number of nitrogens with one attached hydrogen (secondary N) is 2. The van der Waals surface area contributed by atoms with Crippen LogP contribution in [0.15, 0.2) is 42.9 Å². The summed E-state index contributed by atoms with van der Waals surface area (Å²) < 4.78 is 0. The number of aromatic nitrogens is 2. The summed E-state index contributed by atoms with van der Waals surface area (Å²) in [5, 5.41) is 6.89. The van der Waals surface area contributed by atoms with Crippen LogP contribution >= 0.6 is 11.6 Å². The van der Waals surface area contributed by atoms with Crippen molar-refractivity contribution in [1.29, 1.82) is 0 Å². The lowest BCUT2D eigenvalue weighted by molar-refractivity contribution is 0.0926. The lowest BCUT2D eigenvalue weighted by Gasteiger charge is -2.22. The van der Waals surface area contributed by atoms with Crippen LogP contribution in [0.2, 0.25) is 5.02 Å². The molecule has 1 aromatic heterocycles. The Labute approximate surface area is 169 Å². The van der Waals surface area contributed by atoms with E-state index in [1.807, 2.05) is 0 Å². The molecule has 0 bridgehead atoms. The maximum Gasteiger partial charge on any atom is 0.270 e.